The summed E-state index contributed by atoms with van der Waals surface area (Å²) in [4.78, 5) is 19.2. The fourth-order valence-electron chi connectivity index (χ4n) is 7.11. The zero-order valence-electron chi connectivity index (χ0n) is 26.9. The number of benzene rings is 2. The van der Waals surface area contributed by atoms with Crippen molar-refractivity contribution in [3.05, 3.63) is 88.6 Å². The van der Waals surface area contributed by atoms with Crippen molar-refractivity contribution in [3.8, 4) is 18.4 Å². The van der Waals surface area contributed by atoms with Crippen LogP contribution in [-0.2, 0) is 10.8 Å². The van der Waals surface area contributed by atoms with E-state index >= 15 is 4.39 Å². The number of allylic oxidation sites excluding steroid dienone is 1. The van der Waals surface area contributed by atoms with E-state index in [1.54, 1.807) is 31.5 Å². The van der Waals surface area contributed by atoms with E-state index in [2.05, 4.69) is 37.6 Å². The lowest BCUT2D eigenvalue weighted by Crippen LogP contribution is -2.51. The highest BCUT2D eigenvalue weighted by atomic mass is 32.2. The molecule has 4 unspecified atom stereocenters. The Kier molecular flexibility index (Phi) is 8.71. The average molecular weight is 667 g/mol. The second-order valence-electron chi connectivity index (χ2n) is 12.4. The van der Waals surface area contributed by atoms with Crippen molar-refractivity contribution in [1.29, 1.82) is 0 Å². The topological polar surface area (TPSA) is 83.5 Å². The summed E-state index contributed by atoms with van der Waals surface area (Å²) >= 11 is 0. The van der Waals surface area contributed by atoms with Gasteiger partial charge in [0.1, 0.15) is 28.9 Å². The quantitative estimate of drug-likeness (QED) is 0.299. The molecule has 5 heterocycles. The summed E-state index contributed by atoms with van der Waals surface area (Å²) < 4.78 is 50.0. The van der Waals surface area contributed by atoms with E-state index in [-0.39, 0.29) is 34.5 Å². The molecule has 0 saturated carbocycles. The Morgan fingerprint density at radius 3 is 2.50 bits per heavy atom. The van der Waals surface area contributed by atoms with Crippen molar-refractivity contribution in [2.75, 3.05) is 42.2 Å². The summed E-state index contributed by atoms with van der Waals surface area (Å²) in [5.41, 5.74) is 1.30. The molecule has 2 bridgehead atoms. The van der Waals surface area contributed by atoms with Crippen LogP contribution in [0.15, 0.2) is 60.1 Å². The minimum atomic E-state index is -1.05. The average Bonchev–Trinajstić information content (AvgIpc) is 3.71. The highest BCUT2D eigenvalue weighted by molar-refractivity contribution is 7.84. The highest BCUT2D eigenvalue weighted by Gasteiger charge is 2.35. The second kappa shape index (κ2) is 13.1. The summed E-state index contributed by atoms with van der Waals surface area (Å²) in [5, 5.41) is 5.08. The molecule has 3 fully saturated rings. The van der Waals surface area contributed by atoms with Crippen LogP contribution in [0.4, 0.5) is 20.3 Å². The molecular formula is C37H36F2N6O2S. The first kappa shape index (κ1) is 31.9. The number of piperazine rings is 1. The molecule has 2 aromatic carbocycles. The molecule has 0 amide bonds. The minimum Gasteiger partial charge on any atom is -0.458 e. The van der Waals surface area contributed by atoms with Crippen LogP contribution in [0, 0.1) is 24.0 Å². The van der Waals surface area contributed by atoms with E-state index in [1.807, 2.05) is 24.3 Å². The first-order valence-corrected chi connectivity index (χ1v) is 17.6. The first-order valence-electron chi connectivity index (χ1n) is 16.1. The van der Waals surface area contributed by atoms with Gasteiger partial charge in [-0.15, -0.1) is 6.42 Å². The predicted octanol–water partition coefficient (Wildman–Crippen LogP) is 3.81. The van der Waals surface area contributed by atoms with Gasteiger partial charge >= 0.3 is 6.01 Å². The van der Waals surface area contributed by atoms with E-state index in [1.165, 1.54) is 12.1 Å². The maximum absolute atomic E-state index is 16.8. The molecule has 8 nitrogen and oxygen atoms in total. The third-order valence-electron chi connectivity index (χ3n) is 9.48. The summed E-state index contributed by atoms with van der Waals surface area (Å²) in [6.07, 6.45) is 14.8. The fraction of sp³-hybridized carbons (Fsp3) is 0.324. The zero-order valence-corrected chi connectivity index (χ0v) is 27.7. The molecule has 48 heavy (non-hydrogen) atoms. The third kappa shape index (κ3) is 5.84. The number of terminal acetylenes is 1. The number of hydrogen-bond acceptors (Lipinski definition) is 8. The Balaban J connectivity index is 1.32. The van der Waals surface area contributed by atoms with Crippen molar-refractivity contribution in [1.82, 2.24) is 20.3 Å². The maximum atomic E-state index is 16.8. The van der Waals surface area contributed by atoms with E-state index in [0.717, 1.165) is 49.5 Å². The molecule has 0 radical (unpaired) electrons. The van der Waals surface area contributed by atoms with Gasteiger partial charge in [0.2, 0.25) is 0 Å². The van der Waals surface area contributed by atoms with Crippen LogP contribution in [0.3, 0.4) is 0 Å². The Morgan fingerprint density at radius 2 is 1.83 bits per heavy atom. The number of nitrogens with zero attached hydrogens (tertiary/aromatic N) is 5. The number of fused-ring (bicyclic) bond motifs is 3. The number of aromatic nitrogens is 3. The molecule has 2 aromatic heterocycles. The van der Waals surface area contributed by atoms with Crippen LogP contribution in [0.25, 0.3) is 22.6 Å². The molecule has 4 atom stereocenters. The van der Waals surface area contributed by atoms with E-state index in [4.69, 9.17) is 16.1 Å². The standard InChI is InChI=1S/C37H36F2N6O2S/c1-5-22-8-15-31(38)28(6-2)32(22)29(7-3)34-33(39)35-30(18-40-34)36(45-19-23-9-10-24(20-45)41-23)43-37(42-35)47-26-16-17-44(21-26)25-11-13-27(14-12-25)48(4)46/h2,5,7-8,11-15,18,23-24,26,41H,3,9-10,16-17,19-21H2,1,4H3/b22-5-,32-29-. The molecule has 246 valence electrons. The predicted molar refractivity (Wildman–Crippen MR) is 186 cm³/mol. The van der Waals surface area contributed by atoms with Gasteiger partial charge in [-0.2, -0.15) is 9.97 Å². The molecule has 0 aliphatic carbocycles. The van der Waals surface area contributed by atoms with Gasteiger partial charge in [-0.05, 0) is 55.3 Å². The molecule has 11 heteroatoms. The van der Waals surface area contributed by atoms with E-state index in [0.29, 0.717) is 40.3 Å². The number of hydrogen-bond donors (Lipinski definition) is 1. The van der Waals surface area contributed by atoms with Gasteiger partial charge in [0.05, 0.1) is 17.5 Å². The number of pyridine rings is 1. The zero-order chi connectivity index (χ0) is 33.5. The van der Waals surface area contributed by atoms with Gasteiger partial charge in [0.15, 0.2) is 5.82 Å². The van der Waals surface area contributed by atoms with Crippen LogP contribution in [0.2, 0.25) is 0 Å². The van der Waals surface area contributed by atoms with Crippen molar-refractivity contribution < 1.29 is 17.7 Å². The molecule has 0 spiro atoms. The molecule has 3 aliphatic heterocycles. The van der Waals surface area contributed by atoms with E-state index in [9.17, 15) is 8.60 Å². The summed E-state index contributed by atoms with van der Waals surface area (Å²) in [6, 6.07) is 11.3. The molecule has 4 aromatic rings. The fourth-order valence-corrected chi connectivity index (χ4v) is 7.63. The Bertz CT molecular complexity index is 2100. The minimum absolute atomic E-state index is 0.00821. The summed E-state index contributed by atoms with van der Waals surface area (Å²) in [5.74, 6) is 1.72. The van der Waals surface area contributed by atoms with E-state index < -0.39 is 22.4 Å². The molecule has 7 rings (SSSR count). The smallest absolute Gasteiger partial charge is 0.319 e. The number of anilines is 2. The lowest BCUT2D eigenvalue weighted by molar-refractivity contribution is 0.207. The van der Waals surface area contributed by atoms with Crippen LogP contribution in [0.5, 0.6) is 6.01 Å². The normalized spacial score (nSPS) is 22.1. The summed E-state index contributed by atoms with van der Waals surface area (Å²) in [7, 11) is -1.05. The highest BCUT2D eigenvalue weighted by Crippen LogP contribution is 2.34. The third-order valence-corrected chi connectivity index (χ3v) is 10.4. The van der Waals surface area contributed by atoms with Crippen molar-refractivity contribution >= 4 is 44.9 Å². The van der Waals surface area contributed by atoms with Gasteiger partial charge < -0.3 is 19.9 Å². The molecule has 3 saturated heterocycles. The van der Waals surface area contributed by atoms with Crippen LogP contribution < -0.4 is 30.3 Å². The van der Waals surface area contributed by atoms with Crippen molar-refractivity contribution in [3.63, 3.8) is 0 Å². The van der Waals surface area contributed by atoms with Crippen molar-refractivity contribution in [2.24, 2.45) is 0 Å². The SMILES string of the molecule is C#Cc1c(F)ccc(=C/C)/c1=C(\C=C)c1ncc2c(N3CC4CCC(C3)N4)nc(OC3CCN(c4ccc(S(C)=O)cc4)C3)nc2c1F. The molecule has 1 N–H and O–H groups in total. The second-order valence-corrected chi connectivity index (χ2v) is 13.8. The number of nitrogens with one attached hydrogen (secondary N) is 1. The van der Waals surface area contributed by atoms with Crippen LogP contribution >= 0.6 is 0 Å². The van der Waals surface area contributed by atoms with Crippen LogP contribution in [-0.4, -0.2) is 69.8 Å². The van der Waals surface area contributed by atoms with Gasteiger partial charge in [-0.1, -0.05) is 30.7 Å². The largest absolute Gasteiger partial charge is 0.458 e. The lowest BCUT2D eigenvalue weighted by atomic mass is 10.00. The van der Waals surface area contributed by atoms with Gasteiger partial charge in [0.25, 0.3) is 0 Å². The number of ether oxygens (including phenoxy) is 1. The maximum Gasteiger partial charge on any atom is 0.319 e. The monoisotopic (exact) mass is 666 g/mol. The van der Waals surface area contributed by atoms with Gasteiger partial charge in [-0.25, -0.2) is 8.78 Å². The molecular weight excluding hydrogens is 631 g/mol. The number of halogens is 2. The van der Waals surface area contributed by atoms with Crippen LogP contribution in [0.1, 0.15) is 37.4 Å². The molecule has 3 aliphatic rings. The Labute approximate surface area is 280 Å². The summed E-state index contributed by atoms with van der Waals surface area (Å²) in [6.45, 7) is 8.50. The van der Waals surface area contributed by atoms with Gasteiger partial charge in [0, 0.05) is 82.8 Å². The lowest BCUT2D eigenvalue weighted by Gasteiger charge is -2.34. The Morgan fingerprint density at radius 1 is 1.08 bits per heavy atom. The Hall–Kier alpha value is -4.66. The van der Waals surface area contributed by atoms with Crippen molar-refractivity contribution in [2.45, 2.75) is 49.3 Å². The van der Waals surface area contributed by atoms with Gasteiger partial charge in [-0.3, -0.25) is 9.19 Å². The number of rotatable bonds is 7. The first-order chi connectivity index (χ1) is 23.3.